The van der Waals surface area contributed by atoms with Gasteiger partial charge in [0.1, 0.15) is 0 Å². The molecule has 6 nitrogen and oxygen atoms in total. The Balaban J connectivity index is 2.58. The van der Waals surface area contributed by atoms with Crippen LogP contribution in [0.1, 0.15) is 29.6 Å². The molecule has 21 heavy (non-hydrogen) atoms. The molecular weight excluding hydrogens is 290 g/mol. The molecule has 1 unspecified atom stereocenters. The number of hydrogen-bond acceptors (Lipinski definition) is 5. The summed E-state index contributed by atoms with van der Waals surface area (Å²) in [6, 6.07) is 0. The summed E-state index contributed by atoms with van der Waals surface area (Å²) in [6.45, 7) is 7.03. The van der Waals surface area contributed by atoms with Gasteiger partial charge in [0.15, 0.2) is 5.13 Å². The third kappa shape index (κ3) is 3.02. The molecule has 2 aromatic rings. The molecule has 0 fully saturated rings. The summed E-state index contributed by atoms with van der Waals surface area (Å²) in [5, 5.41) is 11.5. The summed E-state index contributed by atoms with van der Waals surface area (Å²) in [5.74, 6) is -1.40. The molecular formula is C14H17N3O3S. The normalized spacial score (nSPS) is 12.4. The number of aryl methyl sites for hydroxylation is 2. The lowest BCUT2D eigenvalue weighted by Crippen LogP contribution is -2.27. The Morgan fingerprint density at radius 1 is 1.38 bits per heavy atom. The quantitative estimate of drug-likeness (QED) is 0.932. The zero-order chi connectivity index (χ0) is 15.7. The zero-order valence-corrected chi connectivity index (χ0v) is 13.2. The van der Waals surface area contributed by atoms with Gasteiger partial charge in [0.25, 0.3) is 0 Å². The molecule has 0 aromatic carbocycles. The van der Waals surface area contributed by atoms with Gasteiger partial charge in [-0.25, -0.2) is 14.3 Å². The third-order valence-corrected chi connectivity index (χ3v) is 4.34. The minimum Gasteiger partial charge on any atom is -0.481 e. The van der Waals surface area contributed by atoms with Crippen molar-refractivity contribution in [1.82, 2.24) is 14.5 Å². The van der Waals surface area contributed by atoms with Crippen LogP contribution in [-0.2, 0) is 11.2 Å². The summed E-state index contributed by atoms with van der Waals surface area (Å²) in [5.41, 5.74) is 2.52. The van der Waals surface area contributed by atoms with Gasteiger partial charge >= 0.3 is 11.7 Å². The van der Waals surface area contributed by atoms with E-state index >= 15 is 0 Å². The molecule has 1 atom stereocenters. The Morgan fingerprint density at radius 2 is 2.05 bits per heavy atom. The van der Waals surface area contributed by atoms with Crippen molar-refractivity contribution in [3.63, 3.8) is 0 Å². The number of carboxylic acid groups (broad SMARTS) is 1. The lowest BCUT2D eigenvalue weighted by atomic mass is 9.99. The number of carbonyl (C=O) groups is 1. The fraction of sp³-hybridized carbons (Fsp3) is 0.429. The van der Waals surface area contributed by atoms with E-state index in [-0.39, 0.29) is 5.69 Å². The van der Waals surface area contributed by atoms with E-state index in [0.29, 0.717) is 22.9 Å². The minimum atomic E-state index is -0.864. The van der Waals surface area contributed by atoms with Gasteiger partial charge in [-0.1, -0.05) is 6.92 Å². The fourth-order valence-corrected chi connectivity index (χ4v) is 3.01. The molecule has 0 aliphatic rings. The molecule has 2 heterocycles. The van der Waals surface area contributed by atoms with Gasteiger partial charge in [-0.2, -0.15) is 4.98 Å². The van der Waals surface area contributed by atoms with Gasteiger partial charge in [-0.3, -0.25) is 4.79 Å². The molecule has 2 aromatic heterocycles. The summed E-state index contributed by atoms with van der Waals surface area (Å²) < 4.78 is 1.45. The predicted octanol–water partition coefficient (Wildman–Crippen LogP) is 1.88. The van der Waals surface area contributed by atoms with Crippen LogP contribution in [0.2, 0.25) is 0 Å². The molecule has 2 rings (SSSR count). The van der Waals surface area contributed by atoms with Crippen LogP contribution in [0, 0.1) is 26.7 Å². The molecule has 0 aliphatic carbocycles. The van der Waals surface area contributed by atoms with Crippen LogP contribution in [0.4, 0.5) is 0 Å². The number of hydrogen-bond donors (Lipinski definition) is 1. The summed E-state index contributed by atoms with van der Waals surface area (Å²) >= 11 is 1.37. The fourth-order valence-electron chi connectivity index (χ4n) is 2.16. The van der Waals surface area contributed by atoms with Crippen LogP contribution in [0.25, 0.3) is 5.13 Å². The first-order chi connectivity index (χ1) is 9.81. The van der Waals surface area contributed by atoms with E-state index in [0.717, 1.165) is 11.3 Å². The lowest BCUT2D eigenvalue weighted by molar-refractivity contribution is -0.141. The van der Waals surface area contributed by atoms with Crippen LogP contribution in [-0.4, -0.2) is 25.6 Å². The summed E-state index contributed by atoms with van der Waals surface area (Å²) in [7, 11) is 0. The average Bonchev–Trinajstić information content (AvgIpc) is 2.80. The van der Waals surface area contributed by atoms with Crippen LogP contribution < -0.4 is 5.69 Å². The first-order valence-electron chi connectivity index (χ1n) is 6.55. The largest absolute Gasteiger partial charge is 0.481 e. The summed E-state index contributed by atoms with van der Waals surface area (Å²) in [6.07, 6.45) is 0.338. The topological polar surface area (TPSA) is 85.1 Å². The van der Waals surface area contributed by atoms with Crippen molar-refractivity contribution in [2.75, 3.05) is 0 Å². The van der Waals surface area contributed by atoms with Crippen molar-refractivity contribution in [3.05, 3.63) is 38.5 Å². The average molecular weight is 307 g/mol. The maximum absolute atomic E-state index is 12.1. The van der Waals surface area contributed by atoms with E-state index in [1.165, 1.54) is 15.9 Å². The maximum Gasteiger partial charge on any atom is 0.354 e. The second kappa shape index (κ2) is 5.77. The van der Waals surface area contributed by atoms with Crippen LogP contribution >= 0.6 is 11.3 Å². The number of carboxylic acids is 1. The van der Waals surface area contributed by atoms with Crippen molar-refractivity contribution in [3.8, 4) is 5.13 Å². The smallest absolute Gasteiger partial charge is 0.354 e. The molecule has 0 spiro atoms. The molecule has 0 amide bonds. The van der Waals surface area contributed by atoms with E-state index in [9.17, 15) is 9.59 Å². The predicted molar refractivity (Wildman–Crippen MR) is 80.2 cm³/mol. The van der Waals surface area contributed by atoms with E-state index in [2.05, 4.69) is 9.97 Å². The van der Waals surface area contributed by atoms with Gasteiger partial charge < -0.3 is 5.11 Å². The van der Waals surface area contributed by atoms with Crippen LogP contribution in [0.15, 0.2) is 10.2 Å². The van der Waals surface area contributed by atoms with Crippen LogP contribution in [0.5, 0.6) is 0 Å². The maximum atomic E-state index is 12.1. The Hall–Kier alpha value is -2.02. The molecule has 0 aliphatic heterocycles. The molecule has 1 N–H and O–H groups in total. The number of rotatable bonds is 4. The first-order valence-corrected chi connectivity index (χ1v) is 7.43. The highest BCUT2D eigenvalue weighted by Gasteiger charge is 2.19. The molecule has 7 heteroatoms. The highest BCUT2D eigenvalue weighted by Crippen LogP contribution is 2.20. The molecule has 0 bridgehead atoms. The van der Waals surface area contributed by atoms with Gasteiger partial charge in [-0.15, -0.1) is 11.3 Å². The lowest BCUT2D eigenvalue weighted by Gasteiger charge is -2.15. The van der Waals surface area contributed by atoms with Gasteiger partial charge in [0.2, 0.25) is 0 Å². The number of thiazole rings is 1. The van der Waals surface area contributed by atoms with Gasteiger partial charge in [0.05, 0.1) is 11.6 Å². The van der Waals surface area contributed by atoms with Crippen molar-refractivity contribution in [1.29, 1.82) is 0 Å². The monoisotopic (exact) mass is 307 g/mol. The molecule has 0 radical (unpaired) electrons. The highest BCUT2D eigenvalue weighted by atomic mass is 32.1. The second-order valence-corrected chi connectivity index (χ2v) is 5.93. The molecule has 0 saturated heterocycles. The Kier molecular flexibility index (Phi) is 4.22. The van der Waals surface area contributed by atoms with Crippen LogP contribution in [0.3, 0.4) is 0 Å². The van der Waals surface area contributed by atoms with E-state index < -0.39 is 11.9 Å². The minimum absolute atomic E-state index is 0.338. The van der Waals surface area contributed by atoms with Crippen molar-refractivity contribution in [2.45, 2.75) is 34.1 Å². The highest BCUT2D eigenvalue weighted by molar-refractivity contribution is 7.12. The van der Waals surface area contributed by atoms with E-state index in [1.807, 2.05) is 12.3 Å². The van der Waals surface area contributed by atoms with E-state index in [1.54, 1.807) is 20.8 Å². The Morgan fingerprint density at radius 3 is 2.57 bits per heavy atom. The number of aromatic nitrogens is 3. The van der Waals surface area contributed by atoms with Crippen molar-refractivity contribution in [2.24, 2.45) is 5.92 Å². The van der Waals surface area contributed by atoms with Crippen molar-refractivity contribution < 1.29 is 9.90 Å². The van der Waals surface area contributed by atoms with Gasteiger partial charge in [-0.05, 0) is 32.8 Å². The van der Waals surface area contributed by atoms with E-state index in [4.69, 9.17) is 5.11 Å². The first kappa shape index (κ1) is 15.4. The summed E-state index contributed by atoms with van der Waals surface area (Å²) in [4.78, 5) is 31.5. The van der Waals surface area contributed by atoms with Crippen molar-refractivity contribution >= 4 is 17.3 Å². The van der Waals surface area contributed by atoms with Gasteiger partial charge in [0, 0.05) is 16.8 Å². The third-order valence-electron chi connectivity index (χ3n) is 3.39. The SMILES string of the molecule is Cc1csc(-n2c(C)c(CC(C)C(=O)O)c(C)nc2=O)n1. The molecule has 0 saturated carbocycles. The number of aliphatic carboxylic acids is 1. The Bertz CT molecular complexity index is 748. The molecule has 112 valence electrons. The number of nitrogens with zero attached hydrogens (tertiary/aromatic N) is 3. The zero-order valence-electron chi connectivity index (χ0n) is 12.4. The Labute approximate surface area is 126 Å². The second-order valence-electron chi connectivity index (χ2n) is 5.09. The standard InChI is InChI=1S/C14H17N3O3S/c1-7(12(18)19)5-11-9(3)16-13(20)17(10(11)4)14-15-8(2)6-21-14/h6-7H,5H2,1-4H3,(H,18,19).